The highest BCUT2D eigenvalue weighted by atomic mass is 19.4. The second-order valence-electron chi connectivity index (χ2n) is 7.65. The monoisotopic (exact) mass is 481 g/mol. The summed E-state index contributed by atoms with van der Waals surface area (Å²) in [6.45, 7) is 5.11. The first-order chi connectivity index (χ1) is 16.0. The Morgan fingerprint density at radius 2 is 1.71 bits per heavy atom. The van der Waals surface area contributed by atoms with Crippen molar-refractivity contribution < 1.29 is 32.2 Å². The van der Waals surface area contributed by atoms with Gasteiger partial charge in [0.25, 0.3) is 11.6 Å². The van der Waals surface area contributed by atoms with E-state index in [0.717, 1.165) is 10.1 Å². The molecule has 3 aromatic rings. The van der Waals surface area contributed by atoms with Crippen molar-refractivity contribution in [2.24, 2.45) is 0 Å². The number of hydrogen-bond acceptors (Lipinski definition) is 7. The Kier molecular flexibility index (Phi) is 7.18. The van der Waals surface area contributed by atoms with Gasteiger partial charge < -0.3 is 19.5 Å². The van der Waals surface area contributed by atoms with E-state index < -0.39 is 12.0 Å². The Balaban J connectivity index is 1.75. The van der Waals surface area contributed by atoms with Gasteiger partial charge in [-0.05, 0) is 50.5 Å². The summed E-state index contributed by atoms with van der Waals surface area (Å²) in [4.78, 5) is 20.2. The number of amides is 1. The van der Waals surface area contributed by atoms with Crippen LogP contribution in [-0.4, -0.2) is 46.8 Å². The molecule has 184 valence electrons. The number of alkyl halides is 3. The Morgan fingerprint density at radius 1 is 1.09 bits per heavy atom. The minimum atomic E-state index is -4.67. The fraction of sp³-hybridized carbons (Fsp3) is 0.455. The number of fused-ring (bicyclic) bond motifs is 1. The van der Waals surface area contributed by atoms with Crippen LogP contribution in [-0.2, 0) is 17.4 Å². The smallest absolute Gasteiger partial charge is 0.453 e. The lowest BCUT2D eigenvalue weighted by molar-refractivity contribution is -0.144. The predicted octanol–water partition coefficient (Wildman–Crippen LogP) is 3.60. The molecule has 0 radical (unpaired) electrons. The van der Waals surface area contributed by atoms with Crippen LogP contribution in [0, 0.1) is 13.8 Å². The SMILES string of the molecule is COc1cc(C(C)NC(=O)CCc2c(C)nc3nc(C(F)(F)F)nn3c2C)cc(OC)c1OC. The second-order valence-corrected chi connectivity index (χ2v) is 7.65. The number of aromatic nitrogens is 4. The Bertz CT molecular complexity index is 1180. The molecule has 1 N–H and O–H groups in total. The maximum absolute atomic E-state index is 13.0. The van der Waals surface area contributed by atoms with Crippen LogP contribution >= 0.6 is 0 Å². The van der Waals surface area contributed by atoms with Crippen molar-refractivity contribution in [1.29, 1.82) is 0 Å². The molecule has 1 amide bonds. The molecule has 2 aromatic heterocycles. The molecule has 1 unspecified atom stereocenters. The number of aryl methyl sites for hydroxylation is 2. The van der Waals surface area contributed by atoms with Crippen LogP contribution in [0.15, 0.2) is 12.1 Å². The second kappa shape index (κ2) is 9.74. The topological polar surface area (TPSA) is 99.9 Å². The Labute approximate surface area is 194 Å². The molecule has 34 heavy (non-hydrogen) atoms. The van der Waals surface area contributed by atoms with E-state index in [-0.39, 0.29) is 30.6 Å². The first-order valence-corrected chi connectivity index (χ1v) is 10.4. The minimum Gasteiger partial charge on any atom is -0.493 e. The van der Waals surface area contributed by atoms with Gasteiger partial charge in [-0.1, -0.05) is 0 Å². The van der Waals surface area contributed by atoms with Gasteiger partial charge in [0, 0.05) is 17.8 Å². The normalized spacial score (nSPS) is 12.5. The molecule has 1 atom stereocenters. The molecule has 0 saturated heterocycles. The summed E-state index contributed by atoms with van der Waals surface area (Å²) >= 11 is 0. The van der Waals surface area contributed by atoms with Gasteiger partial charge in [-0.25, -0.2) is 9.50 Å². The highest BCUT2D eigenvalue weighted by Crippen LogP contribution is 2.39. The summed E-state index contributed by atoms with van der Waals surface area (Å²) in [7, 11) is 4.52. The highest BCUT2D eigenvalue weighted by Gasteiger charge is 2.37. The number of benzene rings is 1. The number of ether oxygens (including phenoxy) is 3. The van der Waals surface area contributed by atoms with Crippen LogP contribution in [0.4, 0.5) is 13.2 Å². The zero-order chi connectivity index (χ0) is 25.2. The van der Waals surface area contributed by atoms with E-state index in [0.29, 0.717) is 34.2 Å². The van der Waals surface area contributed by atoms with E-state index in [1.807, 2.05) is 6.92 Å². The summed E-state index contributed by atoms with van der Waals surface area (Å²) in [5.74, 6) is -0.245. The summed E-state index contributed by atoms with van der Waals surface area (Å²) < 4.78 is 56.0. The van der Waals surface area contributed by atoms with Gasteiger partial charge in [-0.15, -0.1) is 5.10 Å². The van der Waals surface area contributed by atoms with Crippen LogP contribution < -0.4 is 19.5 Å². The molecule has 0 aliphatic heterocycles. The number of nitrogens with zero attached hydrogens (tertiary/aromatic N) is 4. The molecular formula is C22H26F3N5O4. The van der Waals surface area contributed by atoms with E-state index in [2.05, 4.69) is 20.4 Å². The molecule has 3 rings (SSSR count). The van der Waals surface area contributed by atoms with Crippen molar-refractivity contribution in [3.05, 3.63) is 40.5 Å². The van der Waals surface area contributed by atoms with Crippen molar-refractivity contribution in [3.63, 3.8) is 0 Å². The van der Waals surface area contributed by atoms with Crippen LogP contribution in [0.5, 0.6) is 17.2 Å². The third-order valence-corrected chi connectivity index (χ3v) is 5.47. The summed E-state index contributed by atoms with van der Waals surface area (Å²) in [5.41, 5.74) is 2.34. The van der Waals surface area contributed by atoms with E-state index in [4.69, 9.17) is 14.2 Å². The fourth-order valence-corrected chi connectivity index (χ4v) is 3.68. The standard InChI is InChI=1S/C22H26F3N5O4/c1-11(14-9-16(32-4)19(34-6)17(10-14)33-5)26-18(31)8-7-15-12(2)27-21-28-20(22(23,24)25)29-30(21)13(15)3/h9-11H,7-8H2,1-6H3,(H,26,31). The predicted molar refractivity (Wildman–Crippen MR) is 116 cm³/mol. The average Bonchev–Trinajstić information content (AvgIpc) is 3.22. The van der Waals surface area contributed by atoms with Crippen molar-refractivity contribution >= 4 is 11.7 Å². The number of carbonyl (C=O) groups excluding carboxylic acids is 1. The van der Waals surface area contributed by atoms with E-state index in [9.17, 15) is 18.0 Å². The third-order valence-electron chi connectivity index (χ3n) is 5.47. The summed E-state index contributed by atoms with van der Waals surface area (Å²) in [5, 5.41) is 6.44. The van der Waals surface area contributed by atoms with Gasteiger partial charge in [-0.2, -0.15) is 18.2 Å². The lowest BCUT2D eigenvalue weighted by Crippen LogP contribution is -2.27. The van der Waals surface area contributed by atoms with Crippen molar-refractivity contribution in [1.82, 2.24) is 24.9 Å². The number of carbonyl (C=O) groups is 1. The fourth-order valence-electron chi connectivity index (χ4n) is 3.68. The number of nitrogens with one attached hydrogen (secondary N) is 1. The van der Waals surface area contributed by atoms with E-state index in [1.54, 1.807) is 26.0 Å². The Morgan fingerprint density at radius 3 is 2.24 bits per heavy atom. The van der Waals surface area contributed by atoms with Crippen molar-refractivity contribution in [3.8, 4) is 17.2 Å². The molecule has 0 aliphatic carbocycles. The van der Waals surface area contributed by atoms with Gasteiger partial charge in [0.15, 0.2) is 11.5 Å². The molecule has 0 saturated carbocycles. The number of hydrogen-bond donors (Lipinski definition) is 1. The highest BCUT2D eigenvalue weighted by molar-refractivity contribution is 5.77. The quantitative estimate of drug-likeness (QED) is 0.525. The molecular weight excluding hydrogens is 455 g/mol. The maximum Gasteiger partial charge on any atom is 0.453 e. The first kappa shape index (κ1) is 25.1. The van der Waals surface area contributed by atoms with Crippen LogP contribution in [0.3, 0.4) is 0 Å². The molecule has 1 aromatic carbocycles. The molecule has 0 bridgehead atoms. The van der Waals surface area contributed by atoms with Crippen molar-refractivity contribution in [2.45, 2.75) is 45.8 Å². The van der Waals surface area contributed by atoms with E-state index >= 15 is 0 Å². The molecule has 12 heteroatoms. The largest absolute Gasteiger partial charge is 0.493 e. The zero-order valence-electron chi connectivity index (χ0n) is 19.7. The molecule has 0 spiro atoms. The molecule has 0 fully saturated rings. The lowest BCUT2D eigenvalue weighted by atomic mass is 10.0. The van der Waals surface area contributed by atoms with Gasteiger partial charge in [0.2, 0.25) is 11.7 Å². The van der Waals surface area contributed by atoms with E-state index in [1.165, 1.54) is 21.3 Å². The minimum absolute atomic E-state index is 0.102. The van der Waals surface area contributed by atoms with Crippen LogP contribution in [0.25, 0.3) is 5.78 Å². The van der Waals surface area contributed by atoms with Crippen LogP contribution in [0.2, 0.25) is 0 Å². The maximum atomic E-state index is 13.0. The molecule has 0 aliphatic rings. The van der Waals surface area contributed by atoms with Crippen molar-refractivity contribution in [2.75, 3.05) is 21.3 Å². The molecule has 2 heterocycles. The number of methoxy groups -OCH3 is 3. The lowest BCUT2D eigenvalue weighted by Gasteiger charge is -2.19. The van der Waals surface area contributed by atoms with Crippen LogP contribution in [0.1, 0.15) is 47.7 Å². The number of halogens is 3. The van der Waals surface area contributed by atoms with Gasteiger partial charge >= 0.3 is 6.18 Å². The average molecular weight is 481 g/mol. The number of rotatable bonds is 8. The summed E-state index contributed by atoms with van der Waals surface area (Å²) in [6.07, 6.45) is -4.29. The first-order valence-electron chi connectivity index (χ1n) is 10.4. The van der Waals surface area contributed by atoms with Gasteiger partial charge in [0.1, 0.15) is 0 Å². The van der Waals surface area contributed by atoms with Gasteiger partial charge in [-0.3, -0.25) is 4.79 Å². The zero-order valence-corrected chi connectivity index (χ0v) is 19.7. The summed E-state index contributed by atoms with van der Waals surface area (Å²) in [6, 6.07) is 3.14. The Hall–Kier alpha value is -3.57. The third kappa shape index (κ3) is 5.00. The van der Waals surface area contributed by atoms with Gasteiger partial charge in [0.05, 0.1) is 27.4 Å². The molecule has 9 nitrogen and oxygen atoms in total.